The van der Waals surface area contributed by atoms with Gasteiger partial charge in [0, 0.05) is 32.5 Å². The van der Waals surface area contributed by atoms with Crippen molar-refractivity contribution in [2.24, 2.45) is 0 Å². The van der Waals surface area contributed by atoms with Crippen LogP contribution in [0.1, 0.15) is 25.6 Å². The van der Waals surface area contributed by atoms with Crippen LogP contribution in [0.2, 0.25) is 0 Å². The van der Waals surface area contributed by atoms with E-state index in [1.165, 1.54) is 0 Å². The van der Waals surface area contributed by atoms with E-state index in [0.717, 1.165) is 29.0 Å². The summed E-state index contributed by atoms with van der Waals surface area (Å²) in [6.07, 6.45) is 1.83. The summed E-state index contributed by atoms with van der Waals surface area (Å²) in [6.45, 7) is 5.08. The van der Waals surface area contributed by atoms with Gasteiger partial charge in [-0.1, -0.05) is 0 Å². The Kier molecular flexibility index (Phi) is 3.75. The van der Waals surface area contributed by atoms with Gasteiger partial charge >= 0.3 is 0 Å². The zero-order valence-corrected chi connectivity index (χ0v) is 13.4. The highest BCUT2D eigenvalue weighted by atomic mass is 16.4. The molecule has 22 heavy (non-hydrogen) atoms. The van der Waals surface area contributed by atoms with Crippen molar-refractivity contribution in [1.82, 2.24) is 14.8 Å². The molecule has 1 N–H and O–H groups in total. The van der Waals surface area contributed by atoms with Crippen molar-refractivity contribution in [3.63, 3.8) is 0 Å². The molecule has 6 heteroatoms. The lowest BCUT2D eigenvalue weighted by atomic mass is 10.2. The van der Waals surface area contributed by atoms with E-state index in [1.54, 1.807) is 0 Å². The van der Waals surface area contributed by atoms with Gasteiger partial charge in [0.15, 0.2) is 5.58 Å². The predicted octanol–water partition coefficient (Wildman–Crippen LogP) is 3.28. The summed E-state index contributed by atoms with van der Waals surface area (Å²) in [5.41, 5.74) is 3.82. The quantitative estimate of drug-likeness (QED) is 0.783. The van der Waals surface area contributed by atoms with Crippen LogP contribution in [0.4, 0.5) is 11.7 Å². The van der Waals surface area contributed by atoms with Crippen molar-refractivity contribution in [1.29, 1.82) is 0 Å². The Bertz CT molecular complexity index is 774. The van der Waals surface area contributed by atoms with E-state index in [4.69, 9.17) is 4.42 Å². The lowest BCUT2D eigenvalue weighted by Gasteiger charge is -2.16. The van der Waals surface area contributed by atoms with Crippen LogP contribution in [0.5, 0.6) is 0 Å². The van der Waals surface area contributed by atoms with Gasteiger partial charge in [0.1, 0.15) is 5.52 Å². The minimum absolute atomic E-state index is 0.167. The Labute approximate surface area is 129 Å². The molecule has 0 aliphatic rings. The van der Waals surface area contributed by atoms with E-state index in [-0.39, 0.29) is 6.04 Å². The maximum absolute atomic E-state index is 5.67. The monoisotopic (exact) mass is 299 g/mol. The van der Waals surface area contributed by atoms with Gasteiger partial charge in [0.05, 0.1) is 11.7 Å². The fourth-order valence-electron chi connectivity index (χ4n) is 2.50. The minimum atomic E-state index is 0.167. The molecular formula is C16H21N5O. The molecule has 0 aliphatic carbocycles. The summed E-state index contributed by atoms with van der Waals surface area (Å²) in [7, 11) is 3.83. The molecule has 2 aromatic heterocycles. The molecule has 0 aliphatic heterocycles. The largest absolute Gasteiger partial charge is 0.423 e. The van der Waals surface area contributed by atoms with Crippen molar-refractivity contribution in [2.75, 3.05) is 24.3 Å². The summed E-state index contributed by atoms with van der Waals surface area (Å²) >= 11 is 0. The van der Waals surface area contributed by atoms with Crippen LogP contribution >= 0.6 is 0 Å². The third kappa shape index (κ3) is 2.64. The summed E-state index contributed by atoms with van der Waals surface area (Å²) in [4.78, 5) is 6.34. The van der Waals surface area contributed by atoms with Crippen molar-refractivity contribution >= 4 is 22.8 Å². The Hall–Kier alpha value is -2.50. The van der Waals surface area contributed by atoms with E-state index in [2.05, 4.69) is 29.2 Å². The molecule has 1 unspecified atom stereocenters. The van der Waals surface area contributed by atoms with E-state index >= 15 is 0 Å². The lowest BCUT2D eigenvalue weighted by Crippen LogP contribution is -2.12. The number of aromatic nitrogens is 3. The smallest absolute Gasteiger partial charge is 0.297 e. The number of fused-ring (bicyclic) bond motifs is 1. The summed E-state index contributed by atoms with van der Waals surface area (Å²) < 4.78 is 7.67. The van der Waals surface area contributed by atoms with E-state index < -0.39 is 0 Å². The highest BCUT2D eigenvalue weighted by Crippen LogP contribution is 2.26. The Morgan fingerprint density at radius 3 is 2.86 bits per heavy atom. The van der Waals surface area contributed by atoms with Crippen LogP contribution in [0.25, 0.3) is 11.1 Å². The SMILES string of the molecule is CCn1nccc1C(C)Nc1ccc2oc(N(C)C)nc2c1. The molecule has 1 atom stereocenters. The van der Waals surface area contributed by atoms with Gasteiger partial charge in [0.25, 0.3) is 6.01 Å². The molecule has 0 bridgehead atoms. The van der Waals surface area contributed by atoms with Gasteiger partial charge in [-0.15, -0.1) is 0 Å². The molecule has 3 rings (SSSR count). The first-order chi connectivity index (χ1) is 10.6. The average molecular weight is 299 g/mol. The maximum atomic E-state index is 5.67. The number of benzene rings is 1. The number of hydrogen-bond acceptors (Lipinski definition) is 5. The second-order valence-electron chi connectivity index (χ2n) is 5.51. The topological polar surface area (TPSA) is 59.1 Å². The average Bonchev–Trinajstić information content (AvgIpc) is 3.12. The van der Waals surface area contributed by atoms with Gasteiger partial charge < -0.3 is 14.6 Å². The van der Waals surface area contributed by atoms with Crippen LogP contribution < -0.4 is 10.2 Å². The van der Waals surface area contributed by atoms with Gasteiger partial charge in [-0.3, -0.25) is 4.68 Å². The van der Waals surface area contributed by atoms with Crippen LogP contribution in [0, 0.1) is 0 Å². The molecule has 0 saturated carbocycles. The maximum Gasteiger partial charge on any atom is 0.297 e. The molecule has 1 aromatic carbocycles. The van der Waals surface area contributed by atoms with Gasteiger partial charge in [-0.05, 0) is 38.1 Å². The van der Waals surface area contributed by atoms with E-state index in [1.807, 2.05) is 54.1 Å². The number of hydrogen-bond donors (Lipinski definition) is 1. The lowest BCUT2D eigenvalue weighted by molar-refractivity contribution is 0.596. The van der Waals surface area contributed by atoms with Crippen molar-refractivity contribution < 1.29 is 4.42 Å². The highest BCUT2D eigenvalue weighted by Gasteiger charge is 2.12. The molecule has 0 radical (unpaired) electrons. The van der Waals surface area contributed by atoms with Crippen LogP contribution in [0.15, 0.2) is 34.9 Å². The molecule has 3 aromatic rings. The summed E-state index contributed by atoms with van der Waals surface area (Å²) in [6, 6.07) is 8.79. The predicted molar refractivity (Wildman–Crippen MR) is 88.3 cm³/mol. The summed E-state index contributed by atoms with van der Waals surface area (Å²) in [5.74, 6) is 0. The number of anilines is 2. The molecule has 0 saturated heterocycles. The third-order valence-electron chi connectivity index (χ3n) is 3.63. The number of rotatable bonds is 5. The van der Waals surface area contributed by atoms with Crippen LogP contribution in [-0.2, 0) is 6.54 Å². The molecule has 116 valence electrons. The Morgan fingerprint density at radius 2 is 2.14 bits per heavy atom. The number of aryl methyl sites for hydroxylation is 1. The fourth-order valence-corrected chi connectivity index (χ4v) is 2.50. The molecule has 0 amide bonds. The Morgan fingerprint density at radius 1 is 1.32 bits per heavy atom. The third-order valence-corrected chi connectivity index (χ3v) is 3.63. The zero-order valence-electron chi connectivity index (χ0n) is 13.4. The van der Waals surface area contributed by atoms with Gasteiger partial charge in [-0.2, -0.15) is 10.1 Å². The first kappa shape index (κ1) is 14.4. The second-order valence-corrected chi connectivity index (χ2v) is 5.51. The number of nitrogens with zero attached hydrogens (tertiary/aromatic N) is 4. The van der Waals surface area contributed by atoms with Crippen molar-refractivity contribution in [3.8, 4) is 0 Å². The highest BCUT2D eigenvalue weighted by molar-refractivity contribution is 5.79. The van der Waals surface area contributed by atoms with Crippen molar-refractivity contribution in [3.05, 3.63) is 36.2 Å². The molecule has 0 spiro atoms. The molecule has 6 nitrogen and oxygen atoms in total. The molecular weight excluding hydrogens is 278 g/mol. The van der Waals surface area contributed by atoms with E-state index in [0.29, 0.717) is 6.01 Å². The fraction of sp³-hybridized carbons (Fsp3) is 0.375. The minimum Gasteiger partial charge on any atom is -0.423 e. The number of oxazole rings is 1. The first-order valence-corrected chi connectivity index (χ1v) is 7.44. The standard InChI is InChI=1S/C16H21N5O/c1-5-21-14(8-9-17-21)11(2)18-12-6-7-15-13(10-12)19-16(22-15)20(3)4/h6-11,18H,5H2,1-4H3. The van der Waals surface area contributed by atoms with Crippen molar-refractivity contribution in [2.45, 2.75) is 26.4 Å². The summed E-state index contributed by atoms with van der Waals surface area (Å²) in [5, 5.41) is 7.81. The number of nitrogens with one attached hydrogen (secondary N) is 1. The van der Waals surface area contributed by atoms with Crippen LogP contribution in [0.3, 0.4) is 0 Å². The molecule has 2 heterocycles. The zero-order chi connectivity index (χ0) is 15.7. The van der Waals surface area contributed by atoms with E-state index in [9.17, 15) is 0 Å². The second kappa shape index (κ2) is 5.71. The Balaban J connectivity index is 1.84. The van der Waals surface area contributed by atoms with Crippen LogP contribution in [-0.4, -0.2) is 28.9 Å². The van der Waals surface area contributed by atoms with Gasteiger partial charge in [-0.25, -0.2) is 0 Å². The normalized spacial score (nSPS) is 12.5. The first-order valence-electron chi connectivity index (χ1n) is 7.44. The molecule has 0 fully saturated rings. The van der Waals surface area contributed by atoms with Gasteiger partial charge in [0.2, 0.25) is 0 Å².